The fraction of sp³-hybridized carbons (Fsp3) is 0.625. The van der Waals surface area contributed by atoms with Crippen LogP contribution in [0.5, 0.6) is 0 Å². The third kappa shape index (κ3) is 5.46. The number of benzene rings is 1. The summed E-state index contributed by atoms with van der Waals surface area (Å²) >= 11 is 7.86. The lowest BCUT2D eigenvalue weighted by Crippen LogP contribution is -2.39. The Morgan fingerprint density at radius 2 is 2.14 bits per heavy atom. The number of halogens is 1. The minimum Gasteiger partial charge on any atom is -0.389 e. The van der Waals surface area contributed by atoms with Gasteiger partial charge in [0.2, 0.25) is 0 Å². The van der Waals surface area contributed by atoms with Crippen LogP contribution < -0.4 is 0 Å². The molecule has 0 spiro atoms. The predicted octanol–water partition coefficient (Wildman–Crippen LogP) is 3.22. The molecule has 1 aromatic rings. The number of aliphatic hydroxyl groups is 1. The minimum absolute atomic E-state index is 0.0377. The largest absolute Gasteiger partial charge is 0.389 e. The molecule has 21 heavy (non-hydrogen) atoms. The molecule has 5 heteroatoms. The Balaban J connectivity index is 1.72. The number of thioether (sulfide) groups is 1. The van der Waals surface area contributed by atoms with Gasteiger partial charge in [-0.3, -0.25) is 4.90 Å². The van der Waals surface area contributed by atoms with Gasteiger partial charge in [-0.2, -0.15) is 11.8 Å². The summed E-state index contributed by atoms with van der Waals surface area (Å²) in [4.78, 5) is 2.25. The highest BCUT2D eigenvalue weighted by molar-refractivity contribution is 7.99. The maximum atomic E-state index is 10.1. The summed E-state index contributed by atoms with van der Waals surface area (Å²) in [6.45, 7) is 3.01. The van der Waals surface area contributed by atoms with E-state index in [0.29, 0.717) is 19.2 Å². The molecule has 1 aliphatic heterocycles. The zero-order chi connectivity index (χ0) is 15.2. The predicted molar refractivity (Wildman–Crippen MR) is 90.2 cm³/mol. The Morgan fingerprint density at radius 1 is 1.43 bits per heavy atom. The van der Waals surface area contributed by atoms with E-state index < -0.39 is 6.10 Å². The van der Waals surface area contributed by atoms with Crippen LogP contribution in [-0.4, -0.2) is 53.9 Å². The van der Waals surface area contributed by atoms with Gasteiger partial charge in [0.05, 0.1) is 18.8 Å². The summed E-state index contributed by atoms with van der Waals surface area (Å²) in [5, 5.41) is 10.8. The van der Waals surface area contributed by atoms with E-state index in [2.05, 4.69) is 11.9 Å². The highest BCUT2D eigenvalue weighted by atomic mass is 35.5. The fourth-order valence-electron chi connectivity index (χ4n) is 2.49. The van der Waals surface area contributed by atoms with E-state index in [-0.39, 0.29) is 6.10 Å². The average Bonchev–Trinajstić information content (AvgIpc) is 3.00. The maximum absolute atomic E-state index is 10.1. The van der Waals surface area contributed by atoms with Gasteiger partial charge in [0.1, 0.15) is 0 Å². The number of hydrogen-bond donors (Lipinski definition) is 1. The van der Waals surface area contributed by atoms with Crippen LogP contribution in [0.15, 0.2) is 24.3 Å². The Labute approximate surface area is 136 Å². The van der Waals surface area contributed by atoms with Crippen molar-refractivity contribution in [3.05, 3.63) is 34.9 Å². The van der Waals surface area contributed by atoms with Crippen molar-refractivity contribution in [3.63, 3.8) is 0 Å². The summed E-state index contributed by atoms with van der Waals surface area (Å²) in [6, 6.07) is 8.23. The number of nitrogens with zero attached hydrogens (tertiary/aromatic N) is 1. The van der Waals surface area contributed by atoms with E-state index in [1.54, 1.807) is 0 Å². The first-order chi connectivity index (χ1) is 10.1. The molecular weight excluding hydrogens is 306 g/mol. The molecule has 0 radical (unpaired) electrons. The van der Waals surface area contributed by atoms with Crippen molar-refractivity contribution in [2.45, 2.75) is 31.6 Å². The fourth-order valence-corrected chi connectivity index (χ4v) is 3.91. The van der Waals surface area contributed by atoms with Gasteiger partial charge in [-0.1, -0.05) is 23.7 Å². The zero-order valence-corrected chi connectivity index (χ0v) is 14.2. The van der Waals surface area contributed by atoms with Crippen LogP contribution >= 0.6 is 23.4 Å². The molecule has 118 valence electrons. The first kappa shape index (κ1) is 17.1. The van der Waals surface area contributed by atoms with Gasteiger partial charge in [0.25, 0.3) is 0 Å². The summed E-state index contributed by atoms with van der Waals surface area (Å²) in [5.41, 5.74) is 1.08. The van der Waals surface area contributed by atoms with E-state index in [0.717, 1.165) is 10.6 Å². The van der Waals surface area contributed by atoms with Crippen LogP contribution in [0, 0.1) is 0 Å². The van der Waals surface area contributed by atoms with Gasteiger partial charge in [-0.15, -0.1) is 0 Å². The van der Waals surface area contributed by atoms with Crippen LogP contribution in [0.3, 0.4) is 0 Å². The highest BCUT2D eigenvalue weighted by Gasteiger charge is 2.22. The normalized spacial score (nSPS) is 21.7. The molecule has 0 aromatic heterocycles. The lowest BCUT2D eigenvalue weighted by molar-refractivity contribution is -0.0162. The lowest BCUT2D eigenvalue weighted by Gasteiger charge is -2.26. The van der Waals surface area contributed by atoms with Crippen molar-refractivity contribution in [1.29, 1.82) is 0 Å². The summed E-state index contributed by atoms with van der Waals surface area (Å²) in [7, 11) is 2.09. The molecule has 1 aromatic carbocycles. The molecule has 2 rings (SSSR count). The summed E-state index contributed by atoms with van der Waals surface area (Å²) in [5.74, 6) is 2.40. The molecule has 0 amide bonds. The second-order valence-electron chi connectivity index (χ2n) is 5.64. The van der Waals surface area contributed by atoms with Crippen molar-refractivity contribution in [2.24, 2.45) is 0 Å². The zero-order valence-electron chi connectivity index (χ0n) is 12.7. The van der Waals surface area contributed by atoms with E-state index >= 15 is 0 Å². The molecule has 0 bridgehead atoms. The SMILES string of the molecule is CC(OCC(O)CN(C)C1CCSC1)c1ccc(Cl)cc1. The summed E-state index contributed by atoms with van der Waals surface area (Å²) in [6.07, 6.45) is 0.732. The number of rotatable bonds is 7. The molecule has 0 saturated carbocycles. The standard InChI is InChI=1S/C16H24ClNO2S/c1-12(13-3-5-14(17)6-4-13)20-10-16(19)9-18(2)15-7-8-21-11-15/h3-6,12,15-16,19H,7-11H2,1-2H3. The third-order valence-electron chi connectivity index (χ3n) is 3.91. The highest BCUT2D eigenvalue weighted by Crippen LogP contribution is 2.22. The maximum Gasteiger partial charge on any atom is 0.0900 e. The van der Waals surface area contributed by atoms with Gasteiger partial charge in [-0.05, 0) is 43.8 Å². The van der Waals surface area contributed by atoms with Crippen LogP contribution in [0.1, 0.15) is 25.0 Å². The average molecular weight is 330 g/mol. The molecule has 1 N–H and O–H groups in total. The topological polar surface area (TPSA) is 32.7 Å². The Morgan fingerprint density at radius 3 is 2.76 bits per heavy atom. The van der Waals surface area contributed by atoms with Gasteiger partial charge in [0.15, 0.2) is 0 Å². The third-order valence-corrected chi connectivity index (χ3v) is 5.30. The van der Waals surface area contributed by atoms with Crippen molar-refractivity contribution < 1.29 is 9.84 Å². The summed E-state index contributed by atoms with van der Waals surface area (Å²) < 4.78 is 5.77. The smallest absolute Gasteiger partial charge is 0.0900 e. The first-order valence-electron chi connectivity index (χ1n) is 7.39. The van der Waals surface area contributed by atoms with Crippen LogP contribution in [0.4, 0.5) is 0 Å². The molecule has 1 fully saturated rings. The van der Waals surface area contributed by atoms with Crippen LogP contribution in [0.2, 0.25) is 5.02 Å². The molecule has 1 saturated heterocycles. The monoisotopic (exact) mass is 329 g/mol. The van der Waals surface area contributed by atoms with Crippen molar-refractivity contribution in [1.82, 2.24) is 4.90 Å². The quantitative estimate of drug-likeness (QED) is 0.832. The molecule has 1 heterocycles. The number of ether oxygens (including phenoxy) is 1. The van der Waals surface area contributed by atoms with E-state index in [1.165, 1.54) is 17.9 Å². The van der Waals surface area contributed by atoms with Crippen LogP contribution in [-0.2, 0) is 4.74 Å². The number of likely N-dealkylation sites (N-methyl/N-ethyl adjacent to an activating group) is 1. The lowest BCUT2D eigenvalue weighted by atomic mass is 10.1. The molecule has 3 atom stereocenters. The van der Waals surface area contributed by atoms with Gasteiger partial charge < -0.3 is 9.84 Å². The molecule has 3 unspecified atom stereocenters. The number of hydrogen-bond acceptors (Lipinski definition) is 4. The van der Waals surface area contributed by atoms with Gasteiger partial charge >= 0.3 is 0 Å². The van der Waals surface area contributed by atoms with Crippen molar-refractivity contribution in [2.75, 3.05) is 31.7 Å². The Hall–Kier alpha value is -0.260. The molecule has 1 aliphatic rings. The second kappa shape index (κ2) is 8.39. The number of aliphatic hydroxyl groups excluding tert-OH is 1. The molecule has 0 aliphatic carbocycles. The minimum atomic E-state index is -0.449. The van der Waals surface area contributed by atoms with Gasteiger partial charge in [0, 0.05) is 23.4 Å². The van der Waals surface area contributed by atoms with E-state index in [9.17, 15) is 5.11 Å². The van der Waals surface area contributed by atoms with E-state index in [1.807, 2.05) is 43.0 Å². The Bertz CT molecular complexity index is 423. The van der Waals surface area contributed by atoms with Crippen LogP contribution in [0.25, 0.3) is 0 Å². The second-order valence-corrected chi connectivity index (χ2v) is 7.22. The van der Waals surface area contributed by atoms with Crippen molar-refractivity contribution in [3.8, 4) is 0 Å². The van der Waals surface area contributed by atoms with E-state index in [4.69, 9.17) is 16.3 Å². The molecular formula is C16H24ClNO2S. The molecule has 3 nitrogen and oxygen atoms in total. The Kier molecular flexibility index (Phi) is 6.83. The first-order valence-corrected chi connectivity index (χ1v) is 8.92. The van der Waals surface area contributed by atoms with Crippen molar-refractivity contribution >= 4 is 23.4 Å². The van der Waals surface area contributed by atoms with Gasteiger partial charge in [-0.25, -0.2) is 0 Å².